The fourth-order valence-electron chi connectivity index (χ4n) is 2.80. The molecule has 0 radical (unpaired) electrons. The van der Waals surface area contributed by atoms with Gasteiger partial charge in [0, 0.05) is 12.1 Å². The fourth-order valence-corrected chi connectivity index (χ4v) is 2.80. The molecule has 0 aromatic heterocycles. The standard InChI is InChI=1S/C11H22N2/c12-11(6-2-3-7-11)10-13-8-4-1-5-9-13/h1-10,12H2. The molecule has 2 heteroatoms. The van der Waals surface area contributed by atoms with Crippen LogP contribution in [-0.2, 0) is 0 Å². The van der Waals surface area contributed by atoms with Gasteiger partial charge in [-0.3, -0.25) is 0 Å². The number of nitrogens with zero attached hydrogens (tertiary/aromatic N) is 1. The van der Waals surface area contributed by atoms with E-state index in [0.29, 0.717) is 0 Å². The van der Waals surface area contributed by atoms with E-state index in [1.165, 1.54) is 58.0 Å². The summed E-state index contributed by atoms with van der Waals surface area (Å²) in [7, 11) is 0. The Hall–Kier alpha value is -0.0800. The molecule has 76 valence electrons. The van der Waals surface area contributed by atoms with E-state index < -0.39 is 0 Å². The molecule has 1 heterocycles. The van der Waals surface area contributed by atoms with E-state index in [1.807, 2.05) is 0 Å². The topological polar surface area (TPSA) is 29.3 Å². The summed E-state index contributed by atoms with van der Waals surface area (Å²) in [6, 6.07) is 0. The SMILES string of the molecule is NC1(CN2CCCCC2)CCCC1. The minimum Gasteiger partial charge on any atom is -0.324 e. The van der Waals surface area contributed by atoms with Crippen LogP contribution in [0.4, 0.5) is 0 Å². The third-order valence-electron chi connectivity index (χ3n) is 3.59. The van der Waals surface area contributed by atoms with Crippen LogP contribution < -0.4 is 5.73 Å². The van der Waals surface area contributed by atoms with E-state index in [2.05, 4.69) is 4.90 Å². The second-order valence-electron chi connectivity index (χ2n) is 4.91. The molecule has 0 aromatic rings. The number of likely N-dealkylation sites (tertiary alicyclic amines) is 1. The van der Waals surface area contributed by atoms with Crippen LogP contribution in [0.3, 0.4) is 0 Å². The first-order valence-corrected chi connectivity index (χ1v) is 5.80. The van der Waals surface area contributed by atoms with E-state index in [4.69, 9.17) is 5.73 Å². The van der Waals surface area contributed by atoms with Gasteiger partial charge in [0.05, 0.1) is 0 Å². The predicted molar refractivity (Wildman–Crippen MR) is 55.7 cm³/mol. The van der Waals surface area contributed by atoms with Crippen molar-refractivity contribution in [2.45, 2.75) is 50.5 Å². The summed E-state index contributed by atoms with van der Waals surface area (Å²) in [5, 5.41) is 0. The van der Waals surface area contributed by atoms with Crippen molar-refractivity contribution in [1.82, 2.24) is 4.90 Å². The lowest BCUT2D eigenvalue weighted by Crippen LogP contribution is -2.49. The number of piperidine rings is 1. The van der Waals surface area contributed by atoms with Crippen LogP contribution in [0.1, 0.15) is 44.9 Å². The molecule has 2 N–H and O–H groups in total. The summed E-state index contributed by atoms with van der Waals surface area (Å²) >= 11 is 0. The number of nitrogens with two attached hydrogens (primary N) is 1. The Morgan fingerprint density at radius 2 is 1.54 bits per heavy atom. The summed E-state index contributed by atoms with van der Waals surface area (Å²) in [6.07, 6.45) is 9.40. The molecule has 0 amide bonds. The maximum absolute atomic E-state index is 6.35. The normalized spacial score (nSPS) is 29.3. The Bertz CT molecular complexity index is 155. The van der Waals surface area contributed by atoms with E-state index in [1.54, 1.807) is 0 Å². The van der Waals surface area contributed by atoms with Crippen molar-refractivity contribution in [3.63, 3.8) is 0 Å². The summed E-state index contributed by atoms with van der Waals surface area (Å²) in [6.45, 7) is 3.74. The summed E-state index contributed by atoms with van der Waals surface area (Å²) < 4.78 is 0. The Balaban J connectivity index is 1.81. The van der Waals surface area contributed by atoms with Gasteiger partial charge in [0.25, 0.3) is 0 Å². The Morgan fingerprint density at radius 1 is 0.923 bits per heavy atom. The zero-order valence-electron chi connectivity index (χ0n) is 8.60. The van der Waals surface area contributed by atoms with Gasteiger partial charge in [-0.1, -0.05) is 19.3 Å². The van der Waals surface area contributed by atoms with Crippen LogP contribution in [-0.4, -0.2) is 30.1 Å². The average Bonchev–Trinajstić information content (AvgIpc) is 2.54. The maximum Gasteiger partial charge on any atom is 0.0283 e. The smallest absolute Gasteiger partial charge is 0.0283 e. The zero-order valence-corrected chi connectivity index (χ0v) is 8.60. The quantitative estimate of drug-likeness (QED) is 0.705. The molecule has 1 saturated heterocycles. The molecule has 0 aromatic carbocycles. The third kappa shape index (κ3) is 2.44. The first-order chi connectivity index (χ1) is 6.29. The molecular weight excluding hydrogens is 160 g/mol. The van der Waals surface area contributed by atoms with Gasteiger partial charge in [0.2, 0.25) is 0 Å². The van der Waals surface area contributed by atoms with Crippen LogP contribution in [0.5, 0.6) is 0 Å². The van der Waals surface area contributed by atoms with Gasteiger partial charge < -0.3 is 10.6 Å². The second kappa shape index (κ2) is 3.97. The Labute approximate surface area is 81.5 Å². The van der Waals surface area contributed by atoms with Crippen LogP contribution >= 0.6 is 0 Å². The number of hydrogen-bond donors (Lipinski definition) is 1. The molecule has 0 bridgehead atoms. The fraction of sp³-hybridized carbons (Fsp3) is 1.00. The largest absolute Gasteiger partial charge is 0.324 e. The van der Waals surface area contributed by atoms with Gasteiger partial charge in [-0.05, 0) is 38.8 Å². The molecule has 1 saturated carbocycles. The third-order valence-corrected chi connectivity index (χ3v) is 3.59. The molecule has 2 rings (SSSR count). The average molecular weight is 182 g/mol. The van der Waals surface area contributed by atoms with Gasteiger partial charge in [0.15, 0.2) is 0 Å². The number of rotatable bonds is 2. The van der Waals surface area contributed by atoms with Crippen LogP contribution in [0, 0.1) is 0 Å². The van der Waals surface area contributed by atoms with Crippen molar-refractivity contribution < 1.29 is 0 Å². The van der Waals surface area contributed by atoms with Gasteiger partial charge in [-0.2, -0.15) is 0 Å². The van der Waals surface area contributed by atoms with Crippen molar-refractivity contribution in [2.24, 2.45) is 5.73 Å². The van der Waals surface area contributed by atoms with Crippen molar-refractivity contribution >= 4 is 0 Å². The predicted octanol–water partition coefficient (Wildman–Crippen LogP) is 1.74. The Kier molecular flexibility index (Phi) is 2.89. The second-order valence-corrected chi connectivity index (χ2v) is 4.91. The van der Waals surface area contributed by atoms with Gasteiger partial charge in [-0.15, -0.1) is 0 Å². The molecule has 2 fully saturated rings. The van der Waals surface area contributed by atoms with E-state index in [0.717, 1.165) is 6.54 Å². The monoisotopic (exact) mass is 182 g/mol. The molecule has 0 atom stereocenters. The lowest BCUT2D eigenvalue weighted by Gasteiger charge is -2.34. The van der Waals surface area contributed by atoms with Gasteiger partial charge in [0.1, 0.15) is 0 Å². The van der Waals surface area contributed by atoms with Crippen molar-refractivity contribution in [2.75, 3.05) is 19.6 Å². The minimum atomic E-state index is 0.178. The minimum absolute atomic E-state index is 0.178. The molecule has 2 nitrogen and oxygen atoms in total. The van der Waals surface area contributed by atoms with Crippen LogP contribution in [0.15, 0.2) is 0 Å². The van der Waals surface area contributed by atoms with Crippen molar-refractivity contribution in [3.05, 3.63) is 0 Å². The summed E-state index contributed by atoms with van der Waals surface area (Å²) in [5.41, 5.74) is 6.53. The van der Waals surface area contributed by atoms with Crippen molar-refractivity contribution in [3.8, 4) is 0 Å². The highest BCUT2D eigenvalue weighted by Crippen LogP contribution is 2.28. The number of hydrogen-bond acceptors (Lipinski definition) is 2. The highest BCUT2D eigenvalue weighted by Gasteiger charge is 2.31. The van der Waals surface area contributed by atoms with Crippen molar-refractivity contribution in [1.29, 1.82) is 0 Å². The summed E-state index contributed by atoms with van der Waals surface area (Å²) in [5.74, 6) is 0. The van der Waals surface area contributed by atoms with E-state index >= 15 is 0 Å². The van der Waals surface area contributed by atoms with E-state index in [-0.39, 0.29) is 5.54 Å². The molecule has 2 aliphatic rings. The first kappa shape index (κ1) is 9.47. The van der Waals surface area contributed by atoms with Gasteiger partial charge in [-0.25, -0.2) is 0 Å². The zero-order chi connectivity index (χ0) is 9.15. The molecular formula is C11H22N2. The highest BCUT2D eigenvalue weighted by molar-refractivity contribution is 4.92. The highest BCUT2D eigenvalue weighted by atomic mass is 15.1. The van der Waals surface area contributed by atoms with Crippen LogP contribution in [0.2, 0.25) is 0 Å². The lowest BCUT2D eigenvalue weighted by atomic mass is 9.97. The Morgan fingerprint density at radius 3 is 2.15 bits per heavy atom. The lowest BCUT2D eigenvalue weighted by molar-refractivity contribution is 0.179. The molecule has 13 heavy (non-hydrogen) atoms. The van der Waals surface area contributed by atoms with Crippen LogP contribution in [0.25, 0.3) is 0 Å². The van der Waals surface area contributed by atoms with Gasteiger partial charge >= 0.3 is 0 Å². The molecule has 0 unspecified atom stereocenters. The molecule has 0 spiro atoms. The molecule has 1 aliphatic heterocycles. The maximum atomic E-state index is 6.35. The summed E-state index contributed by atoms with van der Waals surface area (Å²) in [4.78, 5) is 2.58. The van der Waals surface area contributed by atoms with E-state index in [9.17, 15) is 0 Å². The molecule has 1 aliphatic carbocycles. The first-order valence-electron chi connectivity index (χ1n) is 5.80.